The Hall–Kier alpha value is -0.920. The minimum Gasteiger partial charge on any atom is -0.314 e. The maximum absolute atomic E-state index is 12.7. The number of nitrogens with zero attached hydrogens (tertiary/aromatic N) is 1. The Morgan fingerprint density at radius 3 is 2.67 bits per heavy atom. The van der Waals surface area contributed by atoms with Gasteiger partial charge in [-0.2, -0.15) is 5.10 Å². The molecular formula is C14H26N4O2S. The Morgan fingerprint density at radius 2 is 2.10 bits per heavy atom. The summed E-state index contributed by atoms with van der Waals surface area (Å²) in [7, 11) is -1.76. The van der Waals surface area contributed by atoms with E-state index in [4.69, 9.17) is 0 Å². The van der Waals surface area contributed by atoms with Gasteiger partial charge in [0.2, 0.25) is 10.0 Å². The average molecular weight is 314 g/mol. The highest BCUT2D eigenvalue weighted by molar-refractivity contribution is 7.89. The van der Waals surface area contributed by atoms with Crippen LogP contribution in [0.5, 0.6) is 0 Å². The second kappa shape index (κ2) is 6.46. The molecule has 7 heteroatoms. The van der Waals surface area contributed by atoms with E-state index < -0.39 is 10.0 Å². The fourth-order valence-electron chi connectivity index (χ4n) is 3.36. The average Bonchev–Trinajstić information content (AvgIpc) is 2.95. The molecule has 21 heavy (non-hydrogen) atoms. The van der Waals surface area contributed by atoms with E-state index in [0.29, 0.717) is 34.7 Å². The number of hydrogen-bond donors (Lipinski definition) is 3. The molecule has 2 rings (SSSR count). The Balaban J connectivity index is 2.21. The third kappa shape index (κ3) is 3.30. The van der Waals surface area contributed by atoms with E-state index in [0.717, 1.165) is 19.3 Å². The van der Waals surface area contributed by atoms with Crippen LogP contribution in [-0.4, -0.2) is 31.7 Å². The predicted octanol–water partition coefficient (Wildman–Crippen LogP) is 1.54. The molecular weight excluding hydrogens is 288 g/mol. The van der Waals surface area contributed by atoms with Gasteiger partial charge in [-0.3, -0.25) is 5.10 Å². The minimum absolute atomic E-state index is 0.0247. The molecule has 6 nitrogen and oxygen atoms in total. The molecule has 1 aliphatic carbocycles. The number of aromatic nitrogens is 2. The van der Waals surface area contributed by atoms with E-state index in [-0.39, 0.29) is 6.04 Å². The van der Waals surface area contributed by atoms with Gasteiger partial charge in [-0.25, -0.2) is 13.1 Å². The van der Waals surface area contributed by atoms with Crippen molar-refractivity contribution < 1.29 is 8.42 Å². The maximum atomic E-state index is 12.7. The number of aryl methyl sites for hydroxylation is 1. The maximum Gasteiger partial charge on any atom is 0.244 e. The van der Waals surface area contributed by atoms with Crippen molar-refractivity contribution >= 4 is 10.0 Å². The molecule has 1 aromatic rings. The normalized spacial score (nSPS) is 26.4. The molecule has 0 spiro atoms. The van der Waals surface area contributed by atoms with Crippen LogP contribution in [0.3, 0.4) is 0 Å². The summed E-state index contributed by atoms with van der Waals surface area (Å²) < 4.78 is 28.3. The van der Waals surface area contributed by atoms with Crippen LogP contribution >= 0.6 is 0 Å². The molecule has 120 valence electrons. The largest absolute Gasteiger partial charge is 0.314 e. The van der Waals surface area contributed by atoms with Crippen molar-refractivity contribution in [3.63, 3.8) is 0 Å². The van der Waals surface area contributed by atoms with Crippen molar-refractivity contribution in [1.29, 1.82) is 0 Å². The van der Waals surface area contributed by atoms with Gasteiger partial charge in [0, 0.05) is 12.6 Å². The summed E-state index contributed by atoms with van der Waals surface area (Å²) in [4.78, 5) is 0.295. The quantitative estimate of drug-likeness (QED) is 0.743. The molecule has 0 saturated heterocycles. The van der Waals surface area contributed by atoms with Gasteiger partial charge in [-0.05, 0) is 38.6 Å². The van der Waals surface area contributed by atoms with Crippen LogP contribution in [-0.2, 0) is 16.6 Å². The van der Waals surface area contributed by atoms with Crippen LogP contribution in [0, 0.1) is 18.8 Å². The summed E-state index contributed by atoms with van der Waals surface area (Å²) in [5, 5.41) is 9.82. The Bertz CT molecular complexity index is 582. The minimum atomic E-state index is -3.53. The van der Waals surface area contributed by atoms with E-state index >= 15 is 0 Å². The van der Waals surface area contributed by atoms with Gasteiger partial charge in [-0.1, -0.05) is 20.3 Å². The highest BCUT2D eigenvalue weighted by Crippen LogP contribution is 2.35. The summed E-state index contributed by atoms with van der Waals surface area (Å²) in [5.74, 6) is 0.990. The predicted molar refractivity (Wildman–Crippen MR) is 82.4 cm³/mol. The summed E-state index contributed by atoms with van der Waals surface area (Å²) in [6.07, 6.45) is 3.12. The number of sulfonamides is 1. The van der Waals surface area contributed by atoms with Gasteiger partial charge in [0.1, 0.15) is 4.90 Å². The smallest absolute Gasteiger partial charge is 0.244 e. The Morgan fingerprint density at radius 1 is 1.38 bits per heavy atom. The molecule has 3 unspecified atom stereocenters. The zero-order valence-corrected chi connectivity index (χ0v) is 14.0. The summed E-state index contributed by atoms with van der Waals surface area (Å²) >= 11 is 0. The number of rotatable bonds is 6. The number of nitrogens with one attached hydrogen (secondary N) is 3. The molecule has 0 aromatic carbocycles. The van der Waals surface area contributed by atoms with Gasteiger partial charge in [0.25, 0.3) is 0 Å². The lowest BCUT2D eigenvalue weighted by molar-refractivity contribution is 0.368. The van der Waals surface area contributed by atoms with Crippen LogP contribution < -0.4 is 10.0 Å². The molecule has 1 aromatic heterocycles. The van der Waals surface area contributed by atoms with E-state index in [1.54, 1.807) is 14.0 Å². The van der Waals surface area contributed by atoms with E-state index in [1.807, 2.05) is 0 Å². The molecule has 1 fully saturated rings. The first-order valence-corrected chi connectivity index (χ1v) is 9.09. The van der Waals surface area contributed by atoms with Crippen LogP contribution in [0.25, 0.3) is 0 Å². The van der Waals surface area contributed by atoms with E-state index in [9.17, 15) is 8.42 Å². The van der Waals surface area contributed by atoms with Crippen molar-refractivity contribution in [3.8, 4) is 0 Å². The van der Waals surface area contributed by atoms with Crippen LogP contribution in [0.4, 0.5) is 0 Å². The third-order valence-electron chi connectivity index (χ3n) is 4.63. The van der Waals surface area contributed by atoms with Crippen molar-refractivity contribution in [2.45, 2.75) is 57.5 Å². The second-order valence-electron chi connectivity index (χ2n) is 5.99. The first-order chi connectivity index (χ1) is 9.90. The highest BCUT2D eigenvalue weighted by atomic mass is 32.2. The number of aromatic amines is 1. The summed E-state index contributed by atoms with van der Waals surface area (Å²) in [5.41, 5.74) is 1.13. The molecule has 0 amide bonds. The highest BCUT2D eigenvalue weighted by Gasteiger charge is 2.35. The summed E-state index contributed by atoms with van der Waals surface area (Å²) in [6.45, 7) is 6.49. The SMILES string of the molecule is CCC1CCC(NS(=O)(=O)c2c(CNC)n[nH]c2C)C1C. The zero-order chi connectivity index (χ0) is 15.6. The van der Waals surface area contributed by atoms with E-state index in [1.165, 1.54) is 0 Å². The fraction of sp³-hybridized carbons (Fsp3) is 0.786. The molecule has 0 aliphatic heterocycles. The first kappa shape index (κ1) is 16.5. The third-order valence-corrected chi connectivity index (χ3v) is 6.32. The topological polar surface area (TPSA) is 86.9 Å². The van der Waals surface area contributed by atoms with E-state index in [2.05, 4.69) is 34.1 Å². The van der Waals surface area contributed by atoms with Crippen LogP contribution in [0.1, 0.15) is 44.5 Å². The molecule has 0 bridgehead atoms. The van der Waals surface area contributed by atoms with Crippen LogP contribution in [0.15, 0.2) is 4.90 Å². The van der Waals surface area contributed by atoms with Crippen molar-refractivity contribution in [2.24, 2.45) is 11.8 Å². The van der Waals surface area contributed by atoms with Crippen molar-refractivity contribution in [3.05, 3.63) is 11.4 Å². The number of H-pyrrole nitrogens is 1. The molecule has 1 saturated carbocycles. The van der Waals surface area contributed by atoms with Gasteiger partial charge < -0.3 is 5.32 Å². The fourth-order valence-corrected chi connectivity index (χ4v) is 5.09. The molecule has 1 aliphatic rings. The lowest BCUT2D eigenvalue weighted by atomic mass is 9.94. The summed E-state index contributed by atoms with van der Waals surface area (Å²) in [6, 6.07) is 0.0247. The standard InChI is InChI=1S/C14H26N4O2S/c1-5-11-6-7-12(9(11)2)18-21(19,20)14-10(3)16-17-13(14)8-15-4/h9,11-12,15,18H,5-8H2,1-4H3,(H,16,17). The first-order valence-electron chi connectivity index (χ1n) is 7.61. The van der Waals surface area contributed by atoms with Gasteiger partial charge in [0.05, 0.1) is 11.4 Å². The second-order valence-corrected chi connectivity index (χ2v) is 7.64. The van der Waals surface area contributed by atoms with Crippen molar-refractivity contribution in [2.75, 3.05) is 7.05 Å². The van der Waals surface area contributed by atoms with Gasteiger partial charge in [-0.15, -0.1) is 0 Å². The molecule has 1 heterocycles. The molecule has 3 N–H and O–H groups in total. The van der Waals surface area contributed by atoms with Crippen molar-refractivity contribution in [1.82, 2.24) is 20.2 Å². The molecule has 3 atom stereocenters. The van der Waals surface area contributed by atoms with Gasteiger partial charge in [0.15, 0.2) is 0 Å². The molecule has 0 radical (unpaired) electrons. The Kier molecular flexibility index (Phi) is 5.06. The number of hydrogen-bond acceptors (Lipinski definition) is 4. The Labute approximate surface area is 127 Å². The van der Waals surface area contributed by atoms with Crippen LogP contribution in [0.2, 0.25) is 0 Å². The lowest BCUT2D eigenvalue weighted by Gasteiger charge is -2.21. The zero-order valence-electron chi connectivity index (χ0n) is 13.2. The monoisotopic (exact) mass is 314 g/mol. The van der Waals surface area contributed by atoms with Gasteiger partial charge >= 0.3 is 0 Å². The lowest BCUT2D eigenvalue weighted by Crippen LogP contribution is -2.38.